The Hall–Kier alpha value is -1.34. The van der Waals surface area contributed by atoms with E-state index in [4.69, 9.17) is 14.6 Å². The van der Waals surface area contributed by atoms with Crippen LogP contribution in [0.5, 0.6) is 0 Å². The number of amides is 2. The number of carboxylic acids is 1. The number of hydrogen-bond donors (Lipinski definition) is 2. The Morgan fingerprint density at radius 2 is 1.85 bits per heavy atom. The van der Waals surface area contributed by atoms with E-state index in [9.17, 15) is 9.59 Å². The van der Waals surface area contributed by atoms with Crippen LogP contribution in [0.4, 0.5) is 4.79 Å². The molecule has 0 aliphatic heterocycles. The average Bonchev–Trinajstić information content (AvgIpc) is 2.42. The first-order valence-corrected chi connectivity index (χ1v) is 6.80. The minimum atomic E-state index is -0.893. The maximum absolute atomic E-state index is 12.0. The van der Waals surface area contributed by atoms with Crippen molar-refractivity contribution in [1.29, 1.82) is 0 Å². The van der Waals surface area contributed by atoms with Gasteiger partial charge in [-0.15, -0.1) is 0 Å². The molecular formula is C13H26N2O5. The molecule has 0 aliphatic carbocycles. The van der Waals surface area contributed by atoms with Crippen LogP contribution in [0.1, 0.15) is 19.8 Å². The minimum Gasteiger partial charge on any atom is -0.481 e. The van der Waals surface area contributed by atoms with Gasteiger partial charge in [0.1, 0.15) is 0 Å². The van der Waals surface area contributed by atoms with Crippen LogP contribution in [0.3, 0.4) is 0 Å². The van der Waals surface area contributed by atoms with Gasteiger partial charge in [0.2, 0.25) is 0 Å². The first-order chi connectivity index (χ1) is 9.56. The van der Waals surface area contributed by atoms with Crippen molar-refractivity contribution >= 4 is 12.0 Å². The van der Waals surface area contributed by atoms with Gasteiger partial charge in [0.05, 0.1) is 12.5 Å². The normalized spacial score (nSPS) is 11.9. The number of carbonyl (C=O) groups excluding carboxylic acids is 1. The van der Waals surface area contributed by atoms with Gasteiger partial charge in [-0.2, -0.15) is 0 Å². The molecule has 0 spiro atoms. The van der Waals surface area contributed by atoms with Crippen LogP contribution in [0.25, 0.3) is 0 Å². The fraction of sp³-hybridized carbons (Fsp3) is 0.846. The zero-order valence-electron chi connectivity index (χ0n) is 12.6. The van der Waals surface area contributed by atoms with Crippen molar-refractivity contribution in [3.8, 4) is 0 Å². The van der Waals surface area contributed by atoms with Crippen LogP contribution >= 0.6 is 0 Å². The predicted molar refractivity (Wildman–Crippen MR) is 74.8 cm³/mol. The van der Waals surface area contributed by atoms with Crippen molar-refractivity contribution in [1.82, 2.24) is 10.2 Å². The first kappa shape index (κ1) is 18.7. The number of ether oxygens (including phenoxy) is 2. The zero-order valence-corrected chi connectivity index (χ0v) is 12.6. The molecule has 118 valence electrons. The predicted octanol–water partition coefficient (Wildman–Crippen LogP) is 0.792. The molecule has 1 atom stereocenters. The summed E-state index contributed by atoms with van der Waals surface area (Å²) >= 11 is 0. The second kappa shape index (κ2) is 11.5. The van der Waals surface area contributed by atoms with Gasteiger partial charge in [0.25, 0.3) is 0 Å². The van der Waals surface area contributed by atoms with Gasteiger partial charge < -0.3 is 24.8 Å². The molecule has 0 aromatic carbocycles. The Bertz CT molecular complexity index is 286. The van der Waals surface area contributed by atoms with E-state index in [-0.39, 0.29) is 12.6 Å². The van der Waals surface area contributed by atoms with Crippen LogP contribution in [0.15, 0.2) is 0 Å². The summed E-state index contributed by atoms with van der Waals surface area (Å²) in [6, 6.07) is -0.266. The number of hydrogen-bond acceptors (Lipinski definition) is 4. The lowest BCUT2D eigenvalue weighted by Gasteiger charge is -2.23. The molecule has 0 aliphatic rings. The van der Waals surface area contributed by atoms with Crippen molar-refractivity contribution < 1.29 is 24.2 Å². The van der Waals surface area contributed by atoms with Crippen LogP contribution in [0.2, 0.25) is 0 Å². The summed E-state index contributed by atoms with van der Waals surface area (Å²) in [5, 5.41) is 11.6. The lowest BCUT2D eigenvalue weighted by molar-refractivity contribution is -0.141. The summed E-state index contributed by atoms with van der Waals surface area (Å²) < 4.78 is 9.92. The van der Waals surface area contributed by atoms with Crippen LogP contribution < -0.4 is 5.32 Å². The molecule has 0 saturated heterocycles. The SMILES string of the molecule is CCC(CNC(=O)N(CCCOC)CCOC)C(=O)O. The molecule has 0 bridgehead atoms. The summed E-state index contributed by atoms with van der Waals surface area (Å²) in [4.78, 5) is 24.5. The van der Waals surface area contributed by atoms with E-state index in [1.165, 1.54) is 0 Å². The van der Waals surface area contributed by atoms with Gasteiger partial charge in [-0.25, -0.2) is 4.79 Å². The number of methoxy groups -OCH3 is 2. The molecule has 0 rings (SSSR count). The molecule has 2 N–H and O–H groups in total. The third kappa shape index (κ3) is 7.96. The van der Waals surface area contributed by atoms with E-state index in [1.807, 2.05) is 0 Å². The van der Waals surface area contributed by atoms with Gasteiger partial charge in [0.15, 0.2) is 0 Å². The van der Waals surface area contributed by atoms with Crippen molar-refractivity contribution in [2.75, 3.05) is 47.1 Å². The maximum Gasteiger partial charge on any atom is 0.317 e. The highest BCUT2D eigenvalue weighted by Crippen LogP contribution is 2.01. The second-order valence-corrected chi connectivity index (χ2v) is 4.46. The quantitative estimate of drug-likeness (QED) is 0.549. The lowest BCUT2D eigenvalue weighted by Crippen LogP contribution is -2.44. The zero-order chi connectivity index (χ0) is 15.4. The Morgan fingerprint density at radius 3 is 2.35 bits per heavy atom. The lowest BCUT2D eigenvalue weighted by atomic mass is 10.1. The van der Waals surface area contributed by atoms with E-state index in [1.54, 1.807) is 26.0 Å². The first-order valence-electron chi connectivity index (χ1n) is 6.80. The summed E-state index contributed by atoms with van der Waals surface area (Å²) in [6.07, 6.45) is 1.21. The molecule has 0 heterocycles. The number of nitrogens with zero attached hydrogens (tertiary/aromatic N) is 1. The van der Waals surface area contributed by atoms with E-state index >= 15 is 0 Å². The standard InChI is InChI=1S/C13H26N2O5/c1-4-11(12(16)17)10-14-13(18)15(7-9-20-3)6-5-8-19-2/h11H,4-10H2,1-3H3,(H,14,18)(H,16,17). The topological polar surface area (TPSA) is 88.1 Å². The number of rotatable bonds is 11. The molecule has 2 amide bonds. The monoisotopic (exact) mass is 290 g/mol. The van der Waals surface area contributed by atoms with Gasteiger partial charge in [-0.1, -0.05) is 6.92 Å². The van der Waals surface area contributed by atoms with Gasteiger partial charge in [-0.3, -0.25) is 4.79 Å². The van der Waals surface area contributed by atoms with Crippen molar-refractivity contribution in [3.05, 3.63) is 0 Å². The number of carboxylic acid groups (broad SMARTS) is 1. The highest BCUT2D eigenvalue weighted by molar-refractivity contribution is 5.76. The second-order valence-electron chi connectivity index (χ2n) is 4.46. The van der Waals surface area contributed by atoms with Crippen LogP contribution in [-0.4, -0.2) is 69.1 Å². The molecule has 0 aromatic rings. The molecule has 20 heavy (non-hydrogen) atoms. The maximum atomic E-state index is 12.0. The number of urea groups is 1. The van der Waals surface area contributed by atoms with Gasteiger partial charge >= 0.3 is 12.0 Å². The Labute approximate surface area is 120 Å². The number of nitrogens with one attached hydrogen (secondary N) is 1. The van der Waals surface area contributed by atoms with Crippen LogP contribution in [-0.2, 0) is 14.3 Å². The van der Waals surface area contributed by atoms with Gasteiger partial charge in [-0.05, 0) is 12.8 Å². The van der Waals surface area contributed by atoms with E-state index in [0.717, 1.165) is 6.42 Å². The molecule has 0 fully saturated rings. The smallest absolute Gasteiger partial charge is 0.317 e. The summed E-state index contributed by atoms with van der Waals surface area (Å²) in [5.41, 5.74) is 0. The molecule has 7 heteroatoms. The van der Waals surface area contributed by atoms with Crippen molar-refractivity contribution in [2.45, 2.75) is 19.8 Å². The molecule has 0 aromatic heterocycles. The van der Waals surface area contributed by atoms with E-state index < -0.39 is 11.9 Å². The molecule has 1 unspecified atom stereocenters. The van der Waals surface area contributed by atoms with Gasteiger partial charge in [0, 0.05) is 40.5 Å². The Balaban J connectivity index is 4.26. The highest BCUT2D eigenvalue weighted by atomic mass is 16.5. The number of aliphatic carboxylic acids is 1. The van der Waals surface area contributed by atoms with E-state index in [2.05, 4.69) is 5.32 Å². The van der Waals surface area contributed by atoms with Crippen molar-refractivity contribution in [3.63, 3.8) is 0 Å². The van der Waals surface area contributed by atoms with E-state index in [0.29, 0.717) is 32.7 Å². The fourth-order valence-corrected chi connectivity index (χ4v) is 1.64. The van der Waals surface area contributed by atoms with Crippen molar-refractivity contribution in [2.24, 2.45) is 5.92 Å². The Kier molecular flexibility index (Phi) is 10.7. The summed E-state index contributed by atoms with van der Waals surface area (Å²) in [7, 11) is 3.18. The Morgan fingerprint density at radius 1 is 1.20 bits per heavy atom. The summed E-state index contributed by atoms with van der Waals surface area (Å²) in [5.74, 6) is -1.45. The fourth-order valence-electron chi connectivity index (χ4n) is 1.64. The largest absolute Gasteiger partial charge is 0.481 e. The van der Waals surface area contributed by atoms with Crippen LogP contribution in [0, 0.1) is 5.92 Å². The number of carbonyl (C=O) groups is 2. The average molecular weight is 290 g/mol. The third-order valence-electron chi connectivity index (χ3n) is 2.97. The minimum absolute atomic E-state index is 0.137. The third-order valence-corrected chi connectivity index (χ3v) is 2.97. The molecule has 0 saturated carbocycles. The molecular weight excluding hydrogens is 264 g/mol. The summed E-state index contributed by atoms with van der Waals surface area (Å²) in [6.45, 7) is 3.95. The molecule has 0 radical (unpaired) electrons. The molecule has 7 nitrogen and oxygen atoms in total. The highest BCUT2D eigenvalue weighted by Gasteiger charge is 2.18.